The molecule has 0 aromatic heterocycles. The minimum absolute atomic E-state index is 0.0793. The zero-order chi connectivity index (χ0) is 20.9. The maximum absolute atomic E-state index is 13.2. The largest absolute Gasteiger partial charge is 0.497 e. The van der Waals surface area contributed by atoms with Crippen LogP contribution in [0.15, 0.2) is 89.6 Å². The van der Waals surface area contributed by atoms with Gasteiger partial charge in [-0.2, -0.15) is 0 Å². The number of aryl methyl sites for hydroxylation is 1. The van der Waals surface area contributed by atoms with Gasteiger partial charge < -0.3 is 4.74 Å². The molecule has 0 spiro atoms. The van der Waals surface area contributed by atoms with Crippen LogP contribution >= 0.6 is 0 Å². The van der Waals surface area contributed by atoms with E-state index in [9.17, 15) is 4.79 Å². The molecule has 0 saturated carbocycles. The van der Waals surface area contributed by atoms with Crippen LogP contribution in [0.1, 0.15) is 22.3 Å². The van der Waals surface area contributed by atoms with Crippen LogP contribution in [0.5, 0.6) is 5.75 Å². The van der Waals surface area contributed by atoms with Gasteiger partial charge in [-0.05, 0) is 42.7 Å². The smallest absolute Gasteiger partial charge is 0.278 e. The number of amidine groups is 1. The summed E-state index contributed by atoms with van der Waals surface area (Å²) in [6.07, 6.45) is 2.59. The summed E-state index contributed by atoms with van der Waals surface area (Å²) in [4.78, 5) is 19.7. The van der Waals surface area contributed by atoms with E-state index in [1.165, 1.54) is 11.1 Å². The van der Waals surface area contributed by atoms with E-state index in [-0.39, 0.29) is 5.91 Å². The lowest BCUT2D eigenvalue weighted by molar-refractivity contribution is -0.122. The monoisotopic (exact) mass is 396 g/mol. The predicted molar refractivity (Wildman–Crippen MR) is 121 cm³/mol. The summed E-state index contributed by atoms with van der Waals surface area (Å²) in [5, 5.41) is 0. The second-order valence-corrected chi connectivity index (χ2v) is 7.30. The second-order valence-electron chi connectivity index (χ2n) is 7.30. The maximum Gasteiger partial charge on any atom is 0.278 e. The average Bonchev–Trinajstić information content (AvgIpc) is 3.08. The number of ether oxygens (including phenoxy) is 1. The molecule has 4 rings (SSSR count). The van der Waals surface area contributed by atoms with E-state index in [4.69, 9.17) is 9.73 Å². The summed E-state index contributed by atoms with van der Waals surface area (Å²) >= 11 is 0. The molecule has 1 amide bonds. The Kier molecular flexibility index (Phi) is 5.75. The van der Waals surface area contributed by atoms with E-state index in [0.29, 0.717) is 18.1 Å². The van der Waals surface area contributed by atoms with Gasteiger partial charge in [-0.1, -0.05) is 72.3 Å². The highest BCUT2D eigenvalue weighted by atomic mass is 16.5. The first-order valence-corrected chi connectivity index (χ1v) is 10.0. The Morgan fingerprint density at radius 1 is 0.967 bits per heavy atom. The van der Waals surface area contributed by atoms with E-state index in [1.54, 1.807) is 12.0 Å². The highest BCUT2D eigenvalue weighted by molar-refractivity contribution is 6.19. The molecule has 0 saturated heterocycles. The Bertz CT molecular complexity index is 1120. The topological polar surface area (TPSA) is 41.9 Å². The highest BCUT2D eigenvalue weighted by Gasteiger charge is 2.30. The van der Waals surface area contributed by atoms with Crippen molar-refractivity contribution in [3.63, 3.8) is 0 Å². The normalized spacial score (nSPS) is 14.9. The lowest BCUT2D eigenvalue weighted by atomic mass is 10.1. The highest BCUT2D eigenvalue weighted by Crippen LogP contribution is 2.24. The number of amides is 1. The van der Waals surface area contributed by atoms with Crippen molar-refractivity contribution < 1.29 is 9.53 Å². The molecule has 3 aromatic rings. The standard InChI is InChI=1S/C26H24N2O2/c1-19-8-6-9-20(16-19)14-15-28-25(22-11-4-3-5-12-22)27-24(26(28)29)18-21-10-7-13-23(17-21)30-2/h3-13,16-18H,14-15H2,1-2H3. The fourth-order valence-electron chi connectivity index (χ4n) is 3.56. The van der Waals surface area contributed by atoms with Crippen LogP contribution < -0.4 is 4.74 Å². The molecule has 1 heterocycles. The number of carbonyl (C=O) groups is 1. The van der Waals surface area contributed by atoms with E-state index < -0.39 is 0 Å². The number of methoxy groups -OCH3 is 1. The molecule has 4 heteroatoms. The minimum Gasteiger partial charge on any atom is -0.497 e. The first kappa shape index (κ1) is 19.6. The maximum atomic E-state index is 13.2. The fourth-order valence-corrected chi connectivity index (χ4v) is 3.56. The Morgan fingerprint density at radius 3 is 2.53 bits per heavy atom. The molecule has 0 radical (unpaired) electrons. The molecule has 0 aliphatic carbocycles. The van der Waals surface area contributed by atoms with Gasteiger partial charge in [0, 0.05) is 12.1 Å². The molecular formula is C26H24N2O2. The van der Waals surface area contributed by atoms with Crippen molar-refractivity contribution >= 4 is 17.8 Å². The predicted octanol–water partition coefficient (Wildman–Crippen LogP) is 4.88. The van der Waals surface area contributed by atoms with Gasteiger partial charge in [-0.25, -0.2) is 4.99 Å². The molecule has 0 unspecified atom stereocenters. The third kappa shape index (κ3) is 4.33. The average molecular weight is 396 g/mol. The van der Waals surface area contributed by atoms with Crippen molar-refractivity contribution in [2.75, 3.05) is 13.7 Å². The van der Waals surface area contributed by atoms with Crippen LogP contribution in [-0.4, -0.2) is 30.3 Å². The third-order valence-electron chi connectivity index (χ3n) is 5.08. The molecule has 1 aliphatic heterocycles. The van der Waals surface area contributed by atoms with Crippen LogP contribution in [0.2, 0.25) is 0 Å². The molecule has 4 nitrogen and oxygen atoms in total. The summed E-state index contributed by atoms with van der Waals surface area (Å²) in [5.41, 5.74) is 4.68. The Hall–Kier alpha value is -3.66. The van der Waals surface area contributed by atoms with Crippen LogP contribution in [0.25, 0.3) is 6.08 Å². The SMILES string of the molecule is COc1cccc(C=C2N=C(c3ccccc3)N(CCc3cccc(C)c3)C2=O)c1. The van der Waals surface area contributed by atoms with Gasteiger partial charge in [0.05, 0.1) is 7.11 Å². The summed E-state index contributed by atoms with van der Waals surface area (Å²) < 4.78 is 5.29. The van der Waals surface area contributed by atoms with Crippen LogP contribution in [0.3, 0.4) is 0 Å². The summed E-state index contributed by atoms with van der Waals surface area (Å²) in [5.74, 6) is 1.37. The van der Waals surface area contributed by atoms with Gasteiger partial charge in [0.15, 0.2) is 0 Å². The van der Waals surface area contributed by atoms with Crippen LogP contribution in [-0.2, 0) is 11.2 Å². The summed E-state index contributed by atoms with van der Waals surface area (Å²) in [6.45, 7) is 2.65. The zero-order valence-electron chi connectivity index (χ0n) is 17.2. The Morgan fingerprint density at radius 2 is 1.77 bits per heavy atom. The number of benzene rings is 3. The van der Waals surface area contributed by atoms with Gasteiger partial charge in [0.25, 0.3) is 5.91 Å². The van der Waals surface area contributed by atoms with E-state index in [1.807, 2.05) is 60.7 Å². The van der Waals surface area contributed by atoms with Crippen molar-refractivity contribution in [2.24, 2.45) is 4.99 Å². The number of aliphatic imine (C=N–C) groups is 1. The van der Waals surface area contributed by atoms with Crippen molar-refractivity contribution in [3.05, 3.63) is 107 Å². The molecule has 1 aliphatic rings. The Balaban J connectivity index is 1.65. The fraction of sp³-hybridized carbons (Fsp3) is 0.154. The molecule has 0 fully saturated rings. The van der Waals surface area contributed by atoms with Gasteiger partial charge in [-0.3, -0.25) is 9.69 Å². The Labute approximate surface area is 177 Å². The van der Waals surface area contributed by atoms with Gasteiger partial charge in [-0.15, -0.1) is 0 Å². The van der Waals surface area contributed by atoms with Crippen molar-refractivity contribution in [2.45, 2.75) is 13.3 Å². The van der Waals surface area contributed by atoms with Gasteiger partial charge in [0.1, 0.15) is 17.3 Å². The molecule has 3 aromatic carbocycles. The number of hydrogen-bond donors (Lipinski definition) is 0. The third-order valence-corrected chi connectivity index (χ3v) is 5.08. The number of hydrogen-bond acceptors (Lipinski definition) is 3. The van der Waals surface area contributed by atoms with Crippen LogP contribution in [0.4, 0.5) is 0 Å². The van der Waals surface area contributed by atoms with E-state index in [2.05, 4.69) is 31.2 Å². The van der Waals surface area contributed by atoms with Gasteiger partial charge >= 0.3 is 0 Å². The molecular weight excluding hydrogens is 372 g/mol. The molecule has 0 N–H and O–H groups in total. The lowest BCUT2D eigenvalue weighted by Gasteiger charge is -2.18. The molecule has 0 atom stereocenters. The minimum atomic E-state index is -0.0793. The quantitative estimate of drug-likeness (QED) is 0.558. The second kappa shape index (κ2) is 8.78. The van der Waals surface area contributed by atoms with Crippen molar-refractivity contribution in [3.8, 4) is 5.75 Å². The number of rotatable bonds is 6. The number of nitrogens with zero attached hydrogens (tertiary/aromatic N) is 2. The zero-order valence-corrected chi connectivity index (χ0v) is 17.2. The first-order valence-electron chi connectivity index (χ1n) is 10.0. The molecule has 150 valence electrons. The lowest BCUT2D eigenvalue weighted by Crippen LogP contribution is -2.34. The van der Waals surface area contributed by atoms with Crippen LogP contribution in [0, 0.1) is 6.92 Å². The summed E-state index contributed by atoms with van der Waals surface area (Å²) in [7, 11) is 1.63. The van der Waals surface area contributed by atoms with E-state index in [0.717, 1.165) is 23.3 Å². The molecule has 30 heavy (non-hydrogen) atoms. The first-order chi connectivity index (χ1) is 14.6. The number of carbonyl (C=O) groups excluding carboxylic acids is 1. The summed E-state index contributed by atoms with van der Waals surface area (Å²) in [6, 6.07) is 25.9. The van der Waals surface area contributed by atoms with E-state index >= 15 is 0 Å². The van der Waals surface area contributed by atoms with Gasteiger partial charge in [0.2, 0.25) is 0 Å². The molecule has 0 bridgehead atoms. The van der Waals surface area contributed by atoms with Crippen molar-refractivity contribution in [1.29, 1.82) is 0 Å². The van der Waals surface area contributed by atoms with Crippen molar-refractivity contribution in [1.82, 2.24) is 4.90 Å².